The molecule has 0 saturated carbocycles. The van der Waals surface area contributed by atoms with Crippen molar-refractivity contribution in [3.8, 4) is 5.75 Å². The number of hydrogen-bond acceptors (Lipinski definition) is 4. The third-order valence-corrected chi connectivity index (χ3v) is 3.13. The Bertz CT molecular complexity index is 507. The monoisotopic (exact) mass is 250 g/mol. The van der Waals surface area contributed by atoms with Crippen molar-refractivity contribution in [1.82, 2.24) is 4.90 Å². The Morgan fingerprint density at radius 1 is 1.39 bits per heavy atom. The van der Waals surface area contributed by atoms with E-state index >= 15 is 0 Å². The highest BCUT2D eigenvalue weighted by molar-refractivity contribution is 5.98. The van der Waals surface area contributed by atoms with Gasteiger partial charge in [0.05, 0.1) is 11.0 Å². The molecule has 0 bridgehead atoms. The van der Waals surface area contributed by atoms with E-state index in [-0.39, 0.29) is 22.9 Å². The molecule has 0 aromatic heterocycles. The lowest BCUT2D eigenvalue weighted by molar-refractivity contribution is -0.385. The Kier molecular flexibility index (Phi) is 3.18. The Labute approximate surface area is 104 Å². The van der Waals surface area contributed by atoms with Gasteiger partial charge in [0.2, 0.25) is 0 Å². The van der Waals surface area contributed by atoms with Crippen molar-refractivity contribution in [1.29, 1.82) is 0 Å². The SMILES string of the molecule is Cc1cc(C(=O)N2CCCC2)c([N+](=O)[O-])cc1O. The Hall–Kier alpha value is -2.11. The van der Waals surface area contributed by atoms with E-state index in [9.17, 15) is 20.0 Å². The minimum atomic E-state index is -0.636. The van der Waals surface area contributed by atoms with E-state index in [1.165, 1.54) is 6.07 Å². The summed E-state index contributed by atoms with van der Waals surface area (Å²) >= 11 is 0. The minimum Gasteiger partial charge on any atom is -0.507 e. The van der Waals surface area contributed by atoms with Crippen molar-refractivity contribution in [3.63, 3.8) is 0 Å². The predicted octanol–water partition coefficient (Wildman–Crippen LogP) is 1.84. The van der Waals surface area contributed by atoms with E-state index in [4.69, 9.17) is 0 Å². The number of carbonyl (C=O) groups is 1. The molecule has 1 aromatic carbocycles. The van der Waals surface area contributed by atoms with Crippen LogP contribution in [0.15, 0.2) is 12.1 Å². The quantitative estimate of drug-likeness (QED) is 0.641. The van der Waals surface area contributed by atoms with Crippen LogP contribution in [-0.4, -0.2) is 33.9 Å². The second-order valence-electron chi connectivity index (χ2n) is 4.41. The van der Waals surface area contributed by atoms with Crippen molar-refractivity contribution in [2.45, 2.75) is 19.8 Å². The summed E-state index contributed by atoms with van der Waals surface area (Å²) in [5.74, 6) is -0.498. The first-order chi connectivity index (χ1) is 8.50. The number of benzene rings is 1. The topological polar surface area (TPSA) is 83.7 Å². The maximum absolute atomic E-state index is 12.2. The first kappa shape index (κ1) is 12.3. The average molecular weight is 250 g/mol. The van der Waals surface area contributed by atoms with E-state index in [1.807, 2.05) is 0 Å². The van der Waals surface area contributed by atoms with Gasteiger partial charge in [0.15, 0.2) is 0 Å². The lowest BCUT2D eigenvalue weighted by Crippen LogP contribution is -2.28. The van der Waals surface area contributed by atoms with Gasteiger partial charge in [-0.2, -0.15) is 0 Å². The third-order valence-electron chi connectivity index (χ3n) is 3.13. The van der Waals surface area contributed by atoms with E-state index in [0.29, 0.717) is 18.7 Å². The number of hydrogen-bond donors (Lipinski definition) is 1. The molecule has 1 N–H and O–H groups in total. The molecule has 0 spiro atoms. The molecule has 1 saturated heterocycles. The van der Waals surface area contributed by atoms with Crippen LogP contribution in [0.3, 0.4) is 0 Å². The number of likely N-dealkylation sites (tertiary alicyclic amines) is 1. The van der Waals surface area contributed by atoms with Crippen molar-refractivity contribution in [2.24, 2.45) is 0 Å². The number of carbonyl (C=O) groups excluding carboxylic acids is 1. The van der Waals surface area contributed by atoms with Crippen molar-refractivity contribution in [3.05, 3.63) is 33.4 Å². The van der Waals surface area contributed by atoms with Crippen LogP contribution in [0.25, 0.3) is 0 Å². The maximum atomic E-state index is 12.2. The zero-order valence-electron chi connectivity index (χ0n) is 10.0. The summed E-state index contributed by atoms with van der Waals surface area (Å²) in [6, 6.07) is 2.42. The molecular weight excluding hydrogens is 236 g/mol. The molecule has 1 fully saturated rings. The Morgan fingerprint density at radius 2 is 2.00 bits per heavy atom. The van der Waals surface area contributed by atoms with Crippen LogP contribution < -0.4 is 0 Å². The third kappa shape index (κ3) is 2.13. The van der Waals surface area contributed by atoms with Crippen molar-refractivity contribution < 1.29 is 14.8 Å². The van der Waals surface area contributed by atoms with E-state index in [1.54, 1.807) is 11.8 Å². The van der Waals surface area contributed by atoms with E-state index in [2.05, 4.69) is 0 Å². The predicted molar refractivity (Wildman–Crippen MR) is 64.6 cm³/mol. The number of aryl methyl sites for hydroxylation is 1. The van der Waals surface area contributed by atoms with E-state index in [0.717, 1.165) is 18.9 Å². The number of nitro groups is 1. The number of aromatic hydroxyl groups is 1. The summed E-state index contributed by atoms with van der Waals surface area (Å²) in [5, 5.41) is 20.4. The number of nitro benzene ring substituents is 1. The van der Waals surface area contributed by atoms with Crippen LogP contribution in [0.4, 0.5) is 5.69 Å². The number of phenols is 1. The molecule has 1 aliphatic heterocycles. The molecule has 0 atom stereocenters. The molecule has 0 radical (unpaired) electrons. The molecular formula is C12H14N2O4. The number of rotatable bonds is 2. The Morgan fingerprint density at radius 3 is 2.56 bits per heavy atom. The first-order valence-electron chi connectivity index (χ1n) is 5.78. The largest absolute Gasteiger partial charge is 0.507 e. The molecule has 18 heavy (non-hydrogen) atoms. The van der Waals surface area contributed by atoms with Gasteiger partial charge < -0.3 is 10.0 Å². The van der Waals surface area contributed by atoms with Crippen LogP contribution in [-0.2, 0) is 0 Å². The molecule has 96 valence electrons. The van der Waals surface area contributed by atoms with Gasteiger partial charge in [-0.3, -0.25) is 14.9 Å². The van der Waals surface area contributed by atoms with Gasteiger partial charge in [-0.25, -0.2) is 0 Å². The van der Waals surface area contributed by atoms with Crippen molar-refractivity contribution in [2.75, 3.05) is 13.1 Å². The fourth-order valence-electron chi connectivity index (χ4n) is 2.10. The summed E-state index contributed by atoms with van der Waals surface area (Å²) in [6.07, 6.45) is 1.85. The normalized spacial score (nSPS) is 14.8. The first-order valence-corrected chi connectivity index (χ1v) is 5.78. The minimum absolute atomic E-state index is 0.0530. The van der Waals surface area contributed by atoms with Crippen LogP contribution in [0.5, 0.6) is 5.75 Å². The molecule has 1 amide bonds. The highest BCUT2D eigenvalue weighted by atomic mass is 16.6. The summed E-state index contributed by atoms with van der Waals surface area (Å²) in [4.78, 5) is 24.1. The summed E-state index contributed by atoms with van der Waals surface area (Å²) in [7, 11) is 0. The molecule has 0 aliphatic carbocycles. The van der Waals surface area contributed by atoms with Gasteiger partial charge in [-0.1, -0.05) is 0 Å². The second kappa shape index (κ2) is 4.64. The van der Waals surface area contributed by atoms with E-state index < -0.39 is 4.92 Å². The summed E-state index contributed by atoms with van der Waals surface area (Å²) < 4.78 is 0. The smallest absolute Gasteiger partial charge is 0.285 e. The van der Waals surface area contributed by atoms with Gasteiger partial charge >= 0.3 is 0 Å². The molecule has 1 aromatic rings. The second-order valence-corrected chi connectivity index (χ2v) is 4.41. The highest BCUT2D eigenvalue weighted by Gasteiger charge is 2.27. The van der Waals surface area contributed by atoms with Crippen LogP contribution in [0, 0.1) is 17.0 Å². The standard InChI is InChI=1S/C12H14N2O4/c1-8-6-9(10(14(17)18)7-11(8)15)12(16)13-4-2-3-5-13/h6-7,15H,2-5H2,1H3. The summed E-state index contributed by atoms with van der Waals surface area (Å²) in [6.45, 7) is 2.88. The molecule has 1 heterocycles. The van der Waals surface area contributed by atoms with Crippen LogP contribution in [0.1, 0.15) is 28.8 Å². The molecule has 0 unspecified atom stereocenters. The zero-order valence-corrected chi connectivity index (χ0v) is 10.0. The van der Waals surface area contributed by atoms with Gasteiger partial charge in [0, 0.05) is 13.1 Å². The number of amides is 1. The lowest BCUT2D eigenvalue weighted by atomic mass is 10.1. The van der Waals surface area contributed by atoms with Crippen molar-refractivity contribution >= 4 is 11.6 Å². The summed E-state index contributed by atoms with van der Waals surface area (Å²) in [5.41, 5.74) is 0.176. The number of phenolic OH excluding ortho intramolecular Hbond substituents is 1. The fourth-order valence-corrected chi connectivity index (χ4v) is 2.10. The molecule has 1 aliphatic rings. The van der Waals surface area contributed by atoms with Crippen LogP contribution >= 0.6 is 0 Å². The van der Waals surface area contributed by atoms with Gasteiger partial charge in [0.25, 0.3) is 11.6 Å². The molecule has 6 heteroatoms. The van der Waals surface area contributed by atoms with Crippen LogP contribution in [0.2, 0.25) is 0 Å². The Balaban J connectivity index is 2.44. The zero-order chi connectivity index (χ0) is 13.3. The van der Waals surface area contributed by atoms with Gasteiger partial charge in [0.1, 0.15) is 11.3 Å². The highest BCUT2D eigenvalue weighted by Crippen LogP contribution is 2.29. The maximum Gasteiger partial charge on any atom is 0.285 e. The molecule has 2 rings (SSSR count). The molecule has 6 nitrogen and oxygen atoms in total. The fraction of sp³-hybridized carbons (Fsp3) is 0.417. The number of nitrogens with zero attached hydrogens (tertiary/aromatic N) is 2. The lowest BCUT2D eigenvalue weighted by Gasteiger charge is -2.15. The van der Waals surface area contributed by atoms with Gasteiger partial charge in [-0.15, -0.1) is 0 Å². The average Bonchev–Trinajstić information content (AvgIpc) is 2.84. The van der Waals surface area contributed by atoms with Gasteiger partial charge in [-0.05, 0) is 31.4 Å².